The molecule has 168 valence electrons. The van der Waals surface area contributed by atoms with E-state index in [9.17, 15) is 23.4 Å². The second-order valence-corrected chi connectivity index (χ2v) is 7.25. The molecule has 1 aromatic heterocycles. The standard InChI is InChI=1S/C25H19F3N2O3/c1-33-19-13-7-15(8-14-19)21(29)20-22(16-5-3-2-4-6-16)30(24(32)23(20)31)18-11-9-17(10-12-18)25(26,27)28/h2-14,29,31-32H,1H3. The Kier molecular flexibility index (Phi) is 5.59. The third kappa shape index (κ3) is 4.03. The summed E-state index contributed by atoms with van der Waals surface area (Å²) >= 11 is 0. The lowest BCUT2D eigenvalue weighted by Crippen LogP contribution is -2.06. The number of alkyl halides is 3. The molecule has 0 unspecified atom stereocenters. The van der Waals surface area contributed by atoms with Crippen LogP contribution in [0.15, 0.2) is 78.9 Å². The van der Waals surface area contributed by atoms with Gasteiger partial charge in [-0.1, -0.05) is 30.3 Å². The van der Waals surface area contributed by atoms with E-state index in [1.54, 1.807) is 54.6 Å². The number of nitrogens with zero attached hydrogens (tertiary/aromatic N) is 1. The van der Waals surface area contributed by atoms with Crippen molar-refractivity contribution < 1.29 is 28.1 Å². The molecule has 3 aromatic carbocycles. The normalized spacial score (nSPS) is 11.4. The van der Waals surface area contributed by atoms with Crippen LogP contribution in [0, 0.1) is 5.41 Å². The monoisotopic (exact) mass is 452 g/mol. The molecule has 0 spiro atoms. The van der Waals surface area contributed by atoms with Crippen molar-refractivity contribution >= 4 is 5.71 Å². The Balaban J connectivity index is 1.94. The zero-order chi connectivity index (χ0) is 23.8. The van der Waals surface area contributed by atoms with Gasteiger partial charge in [0.2, 0.25) is 5.88 Å². The summed E-state index contributed by atoms with van der Waals surface area (Å²) in [6, 6.07) is 19.5. The van der Waals surface area contributed by atoms with Crippen LogP contribution in [0.3, 0.4) is 0 Å². The van der Waals surface area contributed by atoms with Crippen LogP contribution in [0.4, 0.5) is 13.2 Å². The van der Waals surface area contributed by atoms with Gasteiger partial charge in [-0.15, -0.1) is 0 Å². The number of methoxy groups -OCH3 is 1. The van der Waals surface area contributed by atoms with Crippen LogP contribution in [-0.4, -0.2) is 27.6 Å². The Hall–Kier alpha value is -4.20. The lowest BCUT2D eigenvalue weighted by molar-refractivity contribution is -0.137. The SMILES string of the molecule is COc1ccc(C(=N)c2c(O)c(O)n(-c3ccc(C(F)(F)F)cc3)c2-c2ccccc2)cc1. The molecule has 4 aromatic rings. The summed E-state index contributed by atoms with van der Waals surface area (Å²) < 4.78 is 45.5. The quantitative estimate of drug-likeness (QED) is 0.325. The Labute approximate surface area is 187 Å². The first kappa shape index (κ1) is 22.0. The van der Waals surface area contributed by atoms with Crippen molar-refractivity contribution in [3.63, 3.8) is 0 Å². The van der Waals surface area contributed by atoms with Gasteiger partial charge >= 0.3 is 6.18 Å². The number of benzene rings is 3. The van der Waals surface area contributed by atoms with E-state index in [0.717, 1.165) is 12.1 Å². The fraction of sp³-hybridized carbons (Fsp3) is 0.0800. The maximum absolute atomic E-state index is 13.0. The summed E-state index contributed by atoms with van der Waals surface area (Å²) in [5.74, 6) is -0.541. The molecule has 0 radical (unpaired) electrons. The summed E-state index contributed by atoms with van der Waals surface area (Å²) in [4.78, 5) is 0. The Morgan fingerprint density at radius 3 is 2.03 bits per heavy atom. The smallest absolute Gasteiger partial charge is 0.416 e. The molecule has 33 heavy (non-hydrogen) atoms. The van der Waals surface area contributed by atoms with Crippen LogP contribution >= 0.6 is 0 Å². The molecule has 3 N–H and O–H groups in total. The number of hydrogen-bond donors (Lipinski definition) is 3. The highest BCUT2D eigenvalue weighted by Crippen LogP contribution is 2.44. The maximum Gasteiger partial charge on any atom is 0.416 e. The molecule has 0 saturated carbocycles. The molecule has 0 aliphatic rings. The number of hydrogen-bond acceptors (Lipinski definition) is 4. The molecule has 0 atom stereocenters. The Bertz CT molecular complexity index is 1290. The second kappa shape index (κ2) is 8.38. The fourth-order valence-corrected chi connectivity index (χ4v) is 3.61. The van der Waals surface area contributed by atoms with Crippen LogP contribution in [0.25, 0.3) is 16.9 Å². The topological polar surface area (TPSA) is 78.5 Å². The van der Waals surface area contributed by atoms with E-state index < -0.39 is 23.4 Å². The van der Waals surface area contributed by atoms with Gasteiger partial charge in [0.25, 0.3) is 0 Å². The van der Waals surface area contributed by atoms with Crippen molar-refractivity contribution in [2.75, 3.05) is 7.11 Å². The zero-order valence-corrected chi connectivity index (χ0v) is 17.4. The van der Waals surface area contributed by atoms with E-state index >= 15 is 0 Å². The number of nitrogens with one attached hydrogen (secondary N) is 1. The van der Waals surface area contributed by atoms with Gasteiger partial charge < -0.3 is 14.9 Å². The molecule has 0 bridgehead atoms. The molecule has 5 nitrogen and oxygen atoms in total. The van der Waals surface area contributed by atoms with Crippen molar-refractivity contribution in [1.82, 2.24) is 4.57 Å². The van der Waals surface area contributed by atoms with Gasteiger partial charge in [-0.25, -0.2) is 0 Å². The number of rotatable bonds is 5. The van der Waals surface area contributed by atoms with Crippen molar-refractivity contribution in [3.05, 3.63) is 95.6 Å². The molecule has 4 rings (SSSR count). The third-order valence-electron chi connectivity index (χ3n) is 5.25. The maximum atomic E-state index is 13.0. The van der Waals surface area contributed by atoms with E-state index in [0.29, 0.717) is 16.9 Å². The molecule has 0 aliphatic carbocycles. The van der Waals surface area contributed by atoms with Crippen LogP contribution in [0.5, 0.6) is 17.4 Å². The highest BCUT2D eigenvalue weighted by atomic mass is 19.4. The molecular weight excluding hydrogens is 433 g/mol. The minimum atomic E-state index is -4.51. The molecule has 0 fully saturated rings. The van der Waals surface area contributed by atoms with Gasteiger partial charge in [0.15, 0.2) is 5.75 Å². The molecular formula is C25H19F3N2O3. The zero-order valence-electron chi connectivity index (χ0n) is 17.4. The van der Waals surface area contributed by atoms with Crippen molar-refractivity contribution in [2.24, 2.45) is 0 Å². The van der Waals surface area contributed by atoms with Crippen LogP contribution in [-0.2, 0) is 6.18 Å². The first-order valence-electron chi connectivity index (χ1n) is 9.85. The summed E-state index contributed by atoms with van der Waals surface area (Å²) in [6.45, 7) is 0. The van der Waals surface area contributed by atoms with E-state index in [4.69, 9.17) is 10.1 Å². The largest absolute Gasteiger partial charge is 0.503 e. The van der Waals surface area contributed by atoms with Gasteiger partial charge in [0.1, 0.15) is 5.75 Å². The van der Waals surface area contributed by atoms with E-state index in [-0.39, 0.29) is 22.7 Å². The van der Waals surface area contributed by atoms with Crippen LogP contribution in [0.2, 0.25) is 0 Å². The Morgan fingerprint density at radius 1 is 0.879 bits per heavy atom. The van der Waals surface area contributed by atoms with Gasteiger partial charge in [0.05, 0.1) is 29.6 Å². The minimum absolute atomic E-state index is 0.0452. The molecule has 8 heteroatoms. The molecule has 0 saturated heterocycles. The average molecular weight is 452 g/mol. The van der Waals surface area contributed by atoms with Gasteiger partial charge in [0, 0.05) is 11.3 Å². The third-order valence-corrected chi connectivity index (χ3v) is 5.25. The predicted octanol–water partition coefficient (Wildman–Crippen LogP) is 6.00. The number of halogens is 3. The molecule has 0 aliphatic heterocycles. The van der Waals surface area contributed by atoms with Crippen LogP contribution < -0.4 is 4.74 Å². The van der Waals surface area contributed by atoms with E-state index in [1.165, 1.54) is 23.8 Å². The van der Waals surface area contributed by atoms with Crippen LogP contribution in [0.1, 0.15) is 16.7 Å². The number of ether oxygens (including phenoxy) is 1. The molecule has 0 amide bonds. The van der Waals surface area contributed by atoms with E-state index in [2.05, 4.69) is 0 Å². The highest BCUT2D eigenvalue weighted by molar-refractivity contribution is 6.16. The first-order chi connectivity index (χ1) is 15.7. The second-order valence-electron chi connectivity index (χ2n) is 7.25. The number of aromatic nitrogens is 1. The fourth-order valence-electron chi connectivity index (χ4n) is 3.61. The van der Waals surface area contributed by atoms with Crippen molar-refractivity contribution in [3.8, 4) is 34.3 Å². The Morgan fingerprint density at radius 2 is 1.48 bits per heavy atom. The average Bonchev–Trinajstić information content (AvgIpc) is 3.09. The lowest BCUT2D eigenvalue weighted by Gasteiger charge is -2.14. The van der Waals surface area contributed by atoms with Gasteiger partial charge in [-0.05, 0) is 54.1 Å². The summed E-state index contributed by atoms with van der Waals surface area (Å²) in [7, 11) is 1.52. The molecule has 1 heterocycles. The lowest BCUT2D eigenvalue weighted by atomic mass is 9.98. The minimum Gasteiger partial charge on any atom is -0.503 e. The van der Waals surface area contributed by atoms with Gasteiger partial charge in [-0.2, -0.15) is 13.2 Å². The van der Waals surface area contributed by atoms with Gasteiger partial charge in [-0.3, -0.25) is 9.98 Å². The summed E-state index contributed by atoms with van der Waals surface area (Å²) in [6.07, 6.45) is -4.51. The predicted molar refractivity (Wildman–Crippen MR) is 118 cm³/mol. The first-order valence-corrected chi connectivity index (χ1v) is 9.85. The number of aromatic hydroxyl groups is 2. The summed E-state index contributed by atoms with van der Waals surface area (Å²) in [5.41, 5.74) is 0.608. The van der Waals surface area contributed by atoms with Crippen molar-refractivity contribution in [1.29, 1.82) is 5.41 Å². The summed E-state index contributed by atoms with van der Waals surface area (Å²) in [5, 5.41) is 30.4. The van der Waals surface area contributed by atoms with Crippen molar-refractivity contribution in [2.45, 2.75) is 6.18 Å². The highest BCUT2D eigenvalue weighted by Gasteiger charge is 2.31. The van der Waals surface area contributed by atoms with E-state index in [1.807, 2.05) is 0 Å².